The van der Waals surface area contributed by atoms with E-state index in [1.165, 1.54) is 0 Å². The number of rotatable bonds is 4. The average Bonchev–Trinajstić information content (AvgIpc) is 2.00. The molecule has 0 aromatic carbocycles. The van der Waals surface area contributed by atoms with Crippen LogP contribution in [0.25, 0.3) is 0 Å². The molecule has 0 amide bonds. The van der Waals surface area contributed by atoms with Crippen LogP contribution in [0.4, 0.5) is 26.3 Å². The average molecular weight is 250 g/mol. The van der Waals surface area contributed by atoms with Crippen molar-refractivity contribution in [1.29, 1.82) is 0 Å². The quantitative estimate of drug-likeness (QED) is 0.435. The van der Waals surface area contributed by atoms with Gasteiger partial charge >= 0.3 is 23.9 Å². The summed E-state index contributed by atoms with van der Waals surface area (Å²) in [5.41, 5.74) is -0.616. The number of hydrogen-bond acceptors (Lipinski definition) is 2. The molecule has 0 bridgehead atoms. The first-order chi connectivity index (χ1) is 6.83. The van der Waals surface area contributed by atoms with Gasteiger partial charge in [0.25, 0.3) is 0 Å². The fourth-order valence-corrected chi connectivity index (χ4v) is 0.523. The molecule has 0 heterocycles. The smallest absolute Gasteiger partial charge is 0.393 e. The monoisotopic (exact) mass is 250 g/mol. The number of ether oxygens (including phenoxy) is 1. The van der Waals surface area contributed by atoms with Gasteiger partial charge in [-0.2, -0.15) is 26.3 Å². The van der Waals surface area contributed by atoms with Crippen molar-refractivity contribution < 1.29 is 35.9 Å². The Balaban J connectivity index is 5.06. The minimum atomic E-state index is -5.80. The first-order valence-corrected chi connectivity index (χ1v) is 3.85. The molecule has 0 radical (unpaired) electrons. The van der Waals surface area contributed by atoms with Crippen LogP contribution in [0.15, 0.2) is 12.2 Å². The molecular formula is C8H8F6O2. The van der Waals surface area contributed by atoms with Crippen LogP contribution in [0, 0.1) is 0 Å². The topological polar surface area (TPSA) is 26.3 Å². The molecule has 0 saturated heterocycles. The van der Waals surface area contributed by atoms with E-state index in [-0.39, 0.29) is 0 Å². The summed E-state index contributed by atoms with van der Waals surface area (Å²) in [6.45, 7) is 3.34. The first kappa shape index (κ1) is 14.8. The van der Waals surface area contributed by atoms with Gasteiger partial charge in [0.05, 0.1) is 0 Å². The van der Waals surface area contributed by atoms with Gasteiger partial charge in [-0.3, -0.25) is 0 Å². The van der Waals surface area contributed by atoms with Crippen molar-refractivity contribution in [2.24, 2.45) is 0 Å². The molecule has 0 aliphatic rings. The van der Waals surface area contributed by atoms with Gasteiger partial charge in [-0.1, -0.05) is 6.58 Å². The molecule has 0 atom stereocenters. The molecule has 0 fully saturated rings. The van der Waals surface area contributed by atoms with E-state index in [1.54, 1.807) is 0 Å². The molecule has 0 rings (SSSR count). The van der Waals surface area contributed by atoms with E-state index < -0.39 is 36.4 Å². The third-order valence-corrected chi connectivity index (χ3v) is 1.49. The molecule has 0 spiro atoms. The second kappa shape index (κ2) is 3.99. The maximum absolute atomic E-state index is 12.6. The highest BCUT2D eigenvalue weighted by molar-refractivity contribution is 5.87. The van der Waals surface area contributed by atoms with Gasteiger partial charge in [0.1, 0.15) is 0 Å². The lowest BCUT2D eigenvalue weighted by Crippen LogP contribution is -2.54. The molecule has 2 nitrogen and oxygen atoms in total. The highest BCUT2D eigenvalue weighted by Crippen LogP contribution is 2.46. The first-order valence-electron chi connectivity index (χ1n) is 3.85. The Bertz CT molecular complexity index is 304. The summed E-state index contributed by atoms with van der Waals surface area (Å²) in [4.78, 5) is 10.6. The third-order valence-electron chi connectivity index (χ3n) is 1.49. The second-order valence-corrected chi connectivity index (χ2v) is 3.15. The van der Waals surface area contributed by atoms with Crippen molar-refractivity contribution in [3.8, 4) is 0 Å². The lowest BCUT2D eigenvalue weighted by Gasteiger charge is -2.29. The highest BCUT2D eigenvalue weighted by Gasteiger charge is 2.72. The van der Waals surface area contributed by atoms with Gasteiger partial charge in [0.15, 0.2) is 0 Å². The fourth-order valence-electron chi connectivity index (χ4n) is 0.523. The van der Waals surface area contributed by atoms with Crippen LogP contribution in [0.5, 0.6) is 0 Å². The Morgan fingerprint density at radius 1 is 1.12 bits per heavy atom. The number of halogens is 6. The third kappa shape index (κ3) is 2.67. The zero-order valence-corrected chi connectivity index (χ0v) is 8.29. The lowest BCUT2D eigenvalue weighted by molar-refractivity contribution is -0.380. The molecule has 0 aliphatic carbocycles. The summed E-state index contributed by atoms with van der Waals surface area (Å²) in [5.74, 6) is -12.7. The number of hydrogen-bond donors (Lipinski definition) is 0. The summed E-state index contributed by atoms with van der Waals surface area (Å²) < 4.78 is 77.6. The normalized spacial score (nSPS) is 13.5. The molecule has 0 saturated carbocycles. The van der Waals surface area contributed by atoms with Crippen LogP contribution in [0.1, 0.15) is 13.8 Å². The van der Waals surface area contributed by atoms with E-state index in [4.69, 9.17) is 0 Å². The maximum atomic E-state index is 12.6. The predicted molar refractivity (Wildman–Crippen MR) is 41.4 cm³/mol. The number of alkyl halides is 6. The Labute approximate surface area is 86.9 Å². The number of esters is 1. The Hall–Kier alpha value is -1.21. The van der Waals surface area contributed by atoms with E-state index in [2.05, 4.69) is 11.3 Å². The van der Waals surface area contributed by atoms with Crippen molar-refractivity contribution in [3.05, 3.63) is 12.2 Å². The molecule has 0 aromatic rings. The minimum absolute atomic E-state index is 0.407. The van der Waals surface area contributed by atoms with E-state index in [0.717, 1.165) is 6.92 Å². The van der Waals surface area contributed by atoms with Gasteiger partial charge in [0.2, 0.25) is 0 Å². The summed E-state index contributed by atoms with van der Waals surface area (Å²) >= 11 is 0. The van der Waals surface area contributed by atoms with E-state index in [0.29, 0.717) is 0 Å². The summed E-state index contributed by atoms with van der Waals surface area (Å²) in [5, 5.41) is 0. The van der Waals surface area contributed by atoms with Gasteiger partial charge in [-0.05, 0) is 6.92 Å². The van der Waals surface area contributed by atoms with Gasteiger partial charge < -0.3 is 4.74 Å². The van der Waals surface area contributed by atoms with E-state index in [1.807, 2.05) is 0 Å². The van der Waals surface area contributed by atoms with Crippen molar-refractivity contribution in [2.75, 3.05) is 0 Å². The zero-order valence-electron chi connectivity index (χ0n) is 8.29. The molecule has 0 unspecified atom stereocenters. The lowest BCUT2D eigenvalue weighted by atomic mass is 10.2. The van der Waals surface area contributed by atoms with E-state index >= 15 is 0 Å². The van der Waals surface area contributed by atoms with Gasteiger partial charge in [-0.15, -0.1) is 0 Å². The molecule has 94 valence electrons. The maximum Gasteiger partial charge on any atom is 0.473 e. The van der Waals surface area contributed by atoms with Crippen LogP contribution in [0.3, 0.4) is 0 Å². The second-order valence-electron chi connectivity index (χ2n) is 3.15. The van der Waals surface area contributed by atoms with E-state index in [9.17, 15) is 31.1 Å². The van der Waals surface area contributed by atoms with Gasteiger partial charge in [-0.25, -0.2) is 4.79 Å². The largest absolute Gasteiger partial charge is 0.473 e. The Kier molecular flexibility index (Phi) is 3.68. The Morgan fingerprint density at radius 3 is 1.75 bits per heavy atom. The molecule has 0 N–H and O–H groups in total. The molecule has 0 aromatic heterocycles. The minimum Gasteiger partial charge on any atom is -0.393 e. The summed E-state index contributed by atoms with van der Waals surface area (Å²) in [6, 6.07) is 0. The zero-order chi connectivity index (χ0) is 13.4. The molecule has 8 heteroatoms. The molecule has 16 heavy (non-hydrogen) atoms. The molecule has 0 aliphatic heterocycles. The predicted octanol–water partition coefficient (Wildman–Crippen LogP) is 2.99. The van der Waals surface area contributed by atoms with Crippen molar-refractivity contribution in [2.45, 2.75) is 31.8 Å². The van der Waals surface area contributed by atoms with Crippen LogP contribution < -0.4 is 0 Å². The van der Waals surface area contributed by atoms with Crippen LogP contribution in [0.2, 0.25) is 0 Å². The highest BCUT2D eigenvalue weighted by atomic mass is 19.3. The van der Waals surface area contributed by atoms with Crippen molar-refractivity contribution in [1.82, 2.24) is 0 Å². The van der Waals surface area contributed by atoms with Crippen molar-refractivity contribution >= 4 is 5.97 Å². The van der Waals surface area contributed by atoms with Crippen LogP contribution >= 0.6 is 0 Å². The van der Waals surface area contributed by atoms with Crippen molar-refractivity contribution in [3.63, 3.8) is 0 Å². The standard InChI is InChI=1S/C8H8F6O2/c1-4(2)5(15)16-8(13,14)7(11,12)6(3,9)10/h1H2,2-3H3. The van der Waals surface area contributed by atoms with Crippen LogP contribution in [-0.4, -0.2) is 23.9 Å². The SMILES string of the molecule is C=C(C)C(=O)OC(F)(F)C(F)(F)C(C)(F)F. The summed E-state index contributed by atoms with van der Waals surface area (Å²) in [7, 11) is 0. The Morgan fingerprint density at radius 2 is 1.50 bits per heavy atom. The summed E-state index contributed by atoms with van der Waals surface area (Å²) in [6.07, 6.45) is -5.61. The number of carbonyl (C=O) groups excluding carboxylic acids is 1. The fraction of sp³-hybridized carbons (Fsp3) is 0.625. The number of carbonyl (C=O) groups is 1. The van der Waals surface area contributed by atoms with Gasteiger partial charge in [0, 0.05) is 12.5 Å². The molecular weight excluding hydrogens is 242 g/mol. The van der Waals surface area contributed by atoms with Crippen LogP contribution in [-0.2, 0) is 9.53 Å².